The zero-order chi connectivity index (χ0) is 16.4. The van der Waals surface area contributed by atoms with Crippen LogP contribution in [-0.2, 0) is 0 Å². The molecule has 1 aromatic heterocycles. The van der Waals surface area contributed by atoms with Gasteiger partial charge >= 0.3 is 0 Å². The molecule has 0 aliphatic heterocycles. The number of benzene rings is 2. The van der Waals surface area contributed by atoms with E-state index in [1.54, 1.807) is 43.6 Å². The lowest BCUT2D eigenvalue weighted by molar-refractivity contribution is -0.383. The van der Waals surface area contributed by atoms with Crippen LogP contribution in [0.25, 0.3) is 22.3 Å². The Morgan fingerprint density at radius 2 is 1.87 bits per heavy atom. The van der Waals surface area contributed by atoms with Crippen LogP contribution in [-0.4, -0.2) is 29.1 Å². The molecular weight excluding hydrogens is 298 g/mol. The number of hydrogen-bond donors (Lipinski definition) is 0. The molecule has 7 heteroatoms. The van der Waals surface area contributed by atoms with E-state index in [4.69, 9.17) is 9.47 Å². The number of para-hydroxylation sites is 2. The molecule has 3 rings (SSSR count). The van der Waals surface area contributed by atoms with Gasteiger partial charge in [-0.3, -0.25) is 15.1 Å². The molecule has 0 aliphatic carbocycles. The van der Waals surface area contributed by atoms with Gasteiger partial charge in [-0.2, -0.15) is 0 Å². The van der Waals surface area contributed by atoms with Crippen molar-refractivity contribution in [2.75, 3.05) is 14.2 Å². The van der Waals surface area contributed by atoms with Gasteiger partial charge in [0, 0.05) is 11.6 Å². The summed E-state index contributed by atoms with van der Waals surface area (Å²) < 4.78 is 10.7. The summed E-state index contributed by atoms with van der Waals surface area (Å²) in [6.07, 6.45) is 1.56. The fourth-order valence-corrected chi connectivity index (χ4v) is 2.38. The lowest BCUT2D eigenvalue weighted by Crippen LogP contribution is -1.97. The van der Waals surface area contributed by atoms with E-state index in [9.17, 15) is 10.1 Å². The number of methoxy groups -OCH3 is 2. The zero-order valence-corrected chi connectivity index (χ0v) is 12.5. The molecule has 0 amide bonds. The van der Waals surface area contributed by atoms with Gasteiger partial charge in [0.2, 0.25) is 0 Å². The molecule has 116 valence electrons. The van der Waals surface area contributed by atoms with Crippen LogP contribution in [0.3, 0.4) is 0 Å². The summed E-state index contributed by atoms with van der Waals surface area (Å²) in [6, 6.07) is 10.0. The summed E-state index contributed by atoms with van der Waals surface area (Å²) in [7, 11) is 3.07. The van der Waals surface area contributed by atoms with Gasteiger partial charge in [-0.25, -0.2) is 4.98 Å². The third kappa shape index (κ3) is 2.52. The Kier molecular flexibility index (Phi) is 3.76. The Hall–Kier alpha value is -3.22. The van der Waals surface area contributed by atoms with Crippen molar-refractivity contribution in [3.05, 3.63) is 52.7 Å². The Morgan fingerprint density at radius 3 is 2.57 bits per heavy atom. The second kappa shape index (κ2) is 5.88. The smallest absolute Gasteiger partial charge is 0.297 e. The summed E-state index contributed by atoms with van der Waals surface area (Å²) in [6.45, 7) is 0. The Bertz CT molecular complexity index is 896. The normalized spacial score (nSPS) is 10.5. The minimum atomic E-state index is -0.469. The molecule has 3 aromatic rings. The van der Waals surface area contributed by atoms with E-state index in [1.807, 2.05) is 0 Å². The Labute approximate surface area is 131 Å². The van der Waals surface area contributed by atoms with Gasteiger partial charge in [0.05, 0.1) is 36.6 Å². The number of nitro benzene ring substituents is 1. The van der Waals surface area contributed by atoms with Crippen molar-refractivity contribution in [2.45, 2.75) is 0 Å². The predicted molar refractivity (Wildman–Crippen MR) is 84.7 cm³/mol. The van der Waals surface area contributed by atoms with Gasteiger partial charge in [-0.05, 0) is 18.2 Å². The highest BCUT2D eigenvalue weighted by atomic mass is 16.6. The van der Waals surface area contributed by atoms with Gasteiger partial charge in [-0.15, -0.1) is 0 Å². The third-order valence-electron chi connectivity index (χ3n) is 3.43. The number of fused-ring (bicyclic) bond motifs is 1. The van der Waals surface area contributed by atoms with Crippen LogP contribution in [0.1, 0.15) is 0 Å². The van der Waals surface area contributed by atoms with Crippen LogP contribution < -0.4 is 9.47 Å². The van der Waals surface area contributed by atoms with Crippen LogP contribution in [0.5, 0.6) is 11.5 Å². The average molecular weight is 311 g/mol. The number of rotatable bonds is 4. The molecule has 2 aromatic carbocycles. The third-order valence-corrected chi connectivity index (χ3v) is 3.43. The number of ether oxygens (including phenoxy) is 2. The first kappa shape index (κ1) is 14.7. The molecular formula is C16H13N3O4. The minimum absolute atomic E-state index is 0.0845. The summed E-state index contributed by atoms with van der Waals surface area (Å²) in [5, 5.41) is 11.2. The minimum Gasteiger partial charge on any atom is -0.493 e. The molecule has 0 unspecified atom stereocenters. The maximum Gasteiger partial charge on any atom is 0.297 e. The number of aromatic nitrogens is 2. The predicted octanol–water partition coefficient (Wildman–Crippen LogP) is 3.22. The maximum absolute atomic E-state index is 11.2. The van der Waals surface area contributed by atoms with Crippen molar-refractivity contribution in [1.82, 2.24) is 9.97 Å². The van der Waals surface area contributed by atoms with Crippen molar-refractivity contribution in [3.8, 4) is 22.8 Å². The van der Waals surface area contributed by atoms with Crippen LogP contribution in [0.4, 0.5) is 5.69 Å². The standard InChI is InChI=1S/C16H13N3O4/c1-22-14-8-3-5-10(16(14)23-2)12-9-17-11-6-4-7-13(19(20)21)15(11)18-12/h3-9H,1-2H3. The fourth-order valence-electron chi connectivity index (χ4n) is 2.38. The first-order valence-electron chi connectivity index (χ1n) is 6.77. The fraction of sp³-hybridized carbons (Fsp3) is 0.125. The molecule has 0 aliphatic rings. The number of nitro groups is 1. The molecule has 1 heterocycles. The van der Waals surface area contributed by atoms with E-state index in [0.717, 1.165) is 0 Å². The van der Waals surface area contributed by atoms with Gasteiger partial charge in [0.15, 0.2) is 17.0 Å². The summed E-state index contributed by atoms with van der Waals surface area (Å²) >= 11 is 0. The highest BCUT2D eigenvalue weighted by Crippen LogP contribution is 2.37. The molecule has 7 nitrogen and oxygen atoms in total. The van der Waals surface area contributed by atoms with Gasteiger partial charge in [0.1, 0.15) is 0 Å². The van der Waals surface area contributed by atoms with Gasteiger partial charge in [0.25, 0.3) is 5.69 Å². The molecule has 0 bridgehead atoms. The second-order valence-electron chi connectivity index (χ2n) is 4.70. The molecule has 23 heavy (non-hydrogen) atoms. The Morgan fingerprint density at radius 1 is 1.09 bits per heavy atom. The SMILES string of the molecule is COc1cccc(-c2cnc3cccc([N+](=O)[O-])c3n2)c1OC. The first-order chi connectivity index (χ1) is 11.2. The van der Waals surface area contributed by atoms with E-state index < -0.39 is 4.92 Å². The lowest BCUT2D eigenvalue weighted by Gasteiger charge is -2.12. The van der Waals surface area contributed by atoms with Crippen molar-refractivity contribution in [2.24, 2.45) is 0 Å². The molecule has 0 N–H and O–H groups in total. The van der Waals surface area contributed by atoms with Crippen LogP contribution in [0.15, 0.2) is 42.6 Å². The molecule has 0 fully saturated rings. The molecule has 0 atom stereocenters. The van der Waals surface area contributed by atoms with Crippen molar-refractivity contribution < 1.29 is 14.4 Å². The van der Waals surface area contributed by atoms with E-state index >= 15 is 0 Å². The Balaban J connectivity index is 2.26. The van der Waals surface area contributed by atoms with Crippen LogP contribution >= 0.6 is 0 Å². The van der Waals surface area contributed by atoms with Gasteiger partial charge < -0.3 is 9.47 Å². The zero-order valence-electron chi connectivity index (χ0n) is 12.5. The van der Waals surface area contributed by atoms with E-state index in [1.165, 1.54) is 13.2 Å². The quantitative estimate of drug-likeness (QED) is 0.543. The van der Waals surface area contributed by atoms with Gasteiger partial charge in [-0.1, -0.05) is 12.1 Å². The maximum atomic E-state index is 11.2. The van der Waals surface area contributed by atoms with E-state index in [2.05, 4.69) is 9.97 Å². The largest absolute Gasteiger partial charge is 0.493 e. The topological polar surface area (TPSA) is 87.4 Å². The average Bonchev–Trinajstić information content (AvgIpc) is 2.59. The van der Waals surface area contributed by atoms with Crippen molar-refractivity contribution in [3.63, 3.8) is 0 Å². The van der Waals surface area contributed by atoms with E-state index in [0.29, 0.717) is 28.3 Å². The summed E-state index contributed by atoms with van der Waals surface area (Å²) in [5.74, 6) is 1.05. The first-order valence-corrected chi connectivity index (χ1v) is 6.77. The number of hydrogen-bond acceptors (Lipinski definition) is 6. The number of nitrogens with zero attached hydrogens (tertiary/aromatic N) is 3. The molecule has 0 radical (unpaired) electrons. The molecule has 0 saturated heterocycles. The summed E-state index contributed by atoms with van der Waals surface area (Å²) in [5.41, 5.74) is 1.74. The van der Waals surface area contributed by atoms with Crippen molar-refractivity contribution in [1.29, 1.82) is 0 Å². The van der Waals surface area contributed by atoms with Crippen LogP contribution in [0.2, 0.25) is 0 Å². The monoisotopic (exact) mass is 311 g/mol. The highest BCUT2D eigenvalue weighted by molar-refractivity contribution is 5.86. The van der Waals surface area contributed by atoms with Crippen molar-refractivity contribution >= 4 is 16.7 Å². The second-order valence-corrected chi connectivity index (χ2v) is 4.70. The lowest BCUT2D eigenvalue weighted by atomic mass is 10.1. The summed E-state index contributed by atoms with van der Waals surface area (Å²) in [4.78, 5) is 19.4. The highest BCUT2D eigenvalue weighted by Gasteiger charge is 2.17. The molecule has 0 saturated carbocycles. The van der Waals surface area contributed by atoms with E-state index in [-0.39, 0.29) is 11.2 Å². The molecule has 0 spiro atoms. The van der Waals surface area contributed by atoms with Crippen LogP contribution in [0, 0.1) is 10.1 Å². The number of non-ortho nitro benzene ring substituents is 1.